The quantitative estimate of drug-likeness (QED) is 0.549. The van der Waals surface area contributed by atoms with Crippen LogP contribution in [0.15, 0.2) is 18.2 Å². The maximum absolute atomic E-state index is 12.1. The Hall–Kier alpha value is -2.07. The summed E-state index contributed by atoms with van der Waals surface area (Å²) in [6, 6.07) is 4.70. The standard InChI is InChI=1S/C14H18BNO7S/c1-3-12(17)16-11-7-9-5-4-6-10(13(9)23-15(11)19)14(18)22-8-24(2,20)21/h4-6,11,19H,3,7-8H2,1-2H3,(H,16,17)/t11-/m0/s1. The molecule has 0 saturated heterocycles. The monoisotopic (exact) mass is 355 g/mol. The molecule has 1 aliphatic rings. The molecule has 1 aliphatic heterocycles. The molecular formula is C14H18BNO7S. The smallest absolute Gasteiger partial charge is 0.534 e. The van der Waals surface area contributed by atoms with Gasteiger partial charge in [-0.25, -0.2) is 13.2 Å². The Morgan fingerprint density at radius 2 is 2.17 bits per heavy atom. The number of para-hydroxylation sites is 1. The number of nitrogens with one attached hydrogen (secondary N) is 1. The fraction of sp³-hybridized carbons (Fsp3) is 0.429. The first-order valence-corrected chi connectivity index (χ1v) is 9.38. The summed E-state index contributed by atoms with van der Waals surface area (Å²) >= 11 is 0. The predicted octanol–water partition coefficient (Wildman–Crippen LogP) is -0.305. The van der Waals surface area contributed by atoms with Crippen LogP contribution in [0.25, 0.3) is 0 Å². The van der Waals surface area contributed by atoms with Crippen molar-refractivity contribution in [3.8, 4) is 5.75 Å². The van der Waals surface area contributed by atoms with E-state index in [4.69, 9.17) is 9.39 Å². The van der Waals surface area contributed by atoms with Crippen molar-refractivity contribution in [2.24, 2.45) is 0 Å². The Morgan fingerprint density at radius 1 is 1.46 bits per heavy atom. The number of carbonyl (C=O) groups excluding carboxylic acids is 2. The van der Waals surface area contributed by atoms with E-state index in [2.05, 4.69) is 5.32 Å². The van der Waals surface area contributed by atoms with Crippen LogP contribution < -0.4 is 9.97 Å². The van der Waals surface area contributed by atoms with E-state index in [1.54, 1.807) is 19.1 Å². The molecule has 1 aromatic rings. The van der Waals surface area contributed by atoms with Crippen LogP contribution >= 0.6 is 0 Å². The van der Waals surface area contributed by atoms with Crippen molar-refractivity contribution in [2.45, 2.75) is 25.7 Å². The summed E-state index contributed by atoms with van der Waals surface area (Å²) < 4.78 is 32.3. The number of amides is 1. The second-order valence-electron chi connectivity index (χ2n) is 5.51. The van der Waals surface area contributed by atoms with Gasteiger partial charge in [-0.15, -0.1) is 0 Å². The van der Waals surface area contributed by atoms with Crippen molar-refractivity contribution in [3.05, 3.63) is 29.3 Å². The highest BCUT2D eigenvalue weighted by Gasteiger charge is 2.37. The maximum Gasteiger partial charge on any atom is 0.547 e. The van der Waals surface area contributed by atoms with Crippen LogP contribution in [0.2, 0.25) is 0 Å². The van der Waals surface area contributed by atoms with Crippen LogP contribution in [-0.4, -0.2) is 50.6 Å². The minimum Gasteiger partial charge on any atom is -0.534 e. The number of ether oxygens (including phenoxy) is 1. The molecule has 0 fully saturated rings. The summed E-state index contributed by atoms with van der Waals surface area (Å²) in [5.74, 6) is -2.33. The lowest BCUT2D eigenvalue weighted by Gasteiger charge is -2.29. The van der Waals surface area contributed by atoms with Gasteiger partial charge >= 0.3 is 13.1 Å². The molecule has 1 aromatic carbocycles. The Morgan fingerprint density at radius 3 is 2.79 bits per heavy atom. The lowest BCUT2D eigenvalue weighted by Crippen LogP contribution is -2.53. The highest BCUT2D eigenvalue weighted by Crippen LogP contribution is 2.30. The molecular weight excluding hydrogens is 337 g/mol. The molecule has 0 bridgehead atoms. The SMILES string of the molecule is CCC(=O)N[C@H]1Cc2cccc(C(=O)OCS(C)(=O)=O)c2OB1O. The van der Waals surface area contributed by atoms with Gasteiger partial charge in [-0.05, 0) is 18.1 Å². The molecule has 8 nitrogen and oxygen atoms in total. The summed E-state index contributed by atoms with van der Waals surface area (Å²) in [4.78, 5) is 23.5. The molecule has 0 spiro atoms. The summed E-state index contributed by atoms with van der Waals surface area (Å²) in [5.41, 5.74) is 0.631. The van der Waals surface area contributed by atoms with Crippen molar-refractivity contribution in [1.82, 2.24) is 5.32 Å². The molecule has 130 valence electrons. The van der Waals surface area contributed by atoms with E-state index in [-0.39, 0.29) is 30.1 Å². The van der Waals surface area contributed by atoms with Gasteiger partial charge in [0.15, 0.2) is 15.8 Å². The average Bonchev–Trinajstić information content (AvgIpc) is 2.52. The molecule has 2 N–H and O–H groups in total. The third-order valence-corrected chi connectivity index (χ3v) is 3.96. The predicted molar refractivity (Wildman–Crippen MR) is 86.1 cm³/mol. The van der Waals surface area contributed by atoms with Crippen molar-refractivity contribution >= 4 is 28.8 Å². The molecule has 0 aromatic heterocycles. The van der Waals surface area contributed by atoms with Gasteiger partial charge in [-0.2, -0.15) is 0 Å². The molecule has 0 aliphatic carbocycles. The molecule has 1 amide bonds. The van der Waals surface area contributed by atoms with Crippen LogP contribution in [0.5, 0.6) is 5.75 Å². The molecule has 1 heterocycles. The second-order valence-corrected chi connectivity index (χ2v) is 7.60. The Kier molecular flexibility index (Phi) is 5.50. The maximum atomic E-state index is 12.1. The van der Waals surface area contributed by atoms with Gasteiger partial charge in [-0.1, -0.05) is 19.1 Å². The highest BCUT2D eigenvalue weighted by atomic mass is 32.2. The minimum atomic E-state index is -3.47. The number of rotatable bonds is 5. The van der Waals surface area contributed by atoms with Crippen LogP contribution in [0, 0.1) is 0 Å². The van der Waals surface area contributed by atoms with E-state index >= 15 is 0 Å². The zero-order valence-corrected chi connectivity index (χ0v) is 14.1. The molecule has 24 heavy (non-hydrogen) atoms. The number of hydrogen-bond acceptors (Lipinski definition) is 7. The van der Waals surface area contributed by atoms with Crippen molar-refractivity contribution in [2.75, 3.05) is 12.2 Å². The Bertz CT molecular complexity index is 749. The first-order valence-electron chi connectivity index (χ1n) is 7.32. The molecule has 10 heteroatoms. The zero-order chi connectivity index (χ0) is 17.9. The van der Waals surface area contributed by atoms with Crippen LogP contribution in [0.1, 0.15) is 29.3 Å². The fourth-order valence-electron chi connectivity index (χ4n) is 2.26. The number of benzene rings is 1. The van der Waals surface area contributed by atoms with Gasteiger partial charge in [0.25, 0.3) is 0 Å². The van der Waals surface area contributed by atoms with Crippen LogP contribution in [-0.2, 0) is 25.8 Å². The Labute approximate surface area is 140 Å². The number of fused-ring (bicyclic) bond motifs is 1. The lowest BCUT2D eigenvalue weighted by molar-refractivity contribution is -0.121. The van der Waals surface area contributed by atoms with Crippen molar-refractivity contribution in [3.63, 3.8) is 0 Å². The van der Waals surface area contributed by atoms with Crippen LogP contribution in [0.3, 0.4) is 0 Å². The third kappa shape index (κ3) is 4.48. The fourth-order valence-corrected chi connectivity index (χ4v) is 2.58. The second kappa shape index (κ2) is 7.22. The topological polar surface area (TPSA) is 119 Å². The number of carbonyl (C=O) groups is 2. The first-order chi connectivity index (χ1) is 11.2. The first kappa shape index (κ1) is 18.3. The van der Waals surface area contributed by atoms with E-state index in [1.165, 1.54) is 6.07 Å². The average molecular weight is 355 g/mol. The van der Waals surface area contributed by atoms with Gasteiger partial charge in [0.2, 0.25) is 5.91 Å². The largest absolute Gasteiger partial charge is 0.547 e. The number of hydrogen-bond donors (Lipinski definition) is 2. The van der Waals surface area contributed by atoms with E-state index in [0.717, 1.165) is 6.26 Å². The lowest BCUT2D eigenvalue weighted by atomic mass is 9.72. The summed E-state index contributed by atoms with van der Waals surface area (Å²) in [7, 11) is -4.79. The molecule has 0 saturated carbocycles. The van der Waals surface area contributed by atoms with Gasteiger partial charge in [-0.3, -0.25) is 4.79 Å². The molecule has 0 radical (unpaired) electrons. The highest BCUT2D eigenvalue weighted by molar-refractivity contribution is 7.90. The van der Waals surface area contributed by atoms with Gasteiger partial charge in [0, 0.05) is 12.7 Å². The zero-order valence-electron chi connectivity index (χ0n) is 13.3. The Balaban J connectivity index is 2.20. The molecule has 1 atom stereocenters. The normalized spacial score (nSPS) is 16.8. The van der Waals surface area contributed by atoms with Gasteiger partial charge < -0.3 is 19.7 Å². The van der Waals surface area contributed by atoms with Gasteiger partial charge in [0.05, 0.1) is 5.94 Å². The van der Waals surface area contributed by atoms with E-state index < -0.39 is 34.8 Å². The molecule has 0 unspecified atom stereocenters. The van der Waals surface area contributed by atoms with E-state index in [1.807, 2.05) is 0 Å². The van der Waals surface area contributed by atoms with Crippen molar-refractivity contribution in [1.29, 1.82) is 0 Å². The van der Waals surface area contributed by atoms with E-state index in [9.17, 15) is 23.0 Å². The third-order valence-electron chi connectivity index (χ3n) is 3.41. The molecule has 2 rings (SSSR count). The summed E-state index contributed by atoms with van der Waals surface area (Å²) in [5, 5.41) is 12.7. The summed E-state index contributed by atoms with van der Waals surface area (Å²) in [6.45, 7) is 1.69. The minimum absolute atomic E-state index is 0.0236. The number of esters is 1. The van der Waals surface area contributed by atoms with Gasteiger partial charge in [0.1, 0.15) is 11.3 Å². The van der Waals surface area contributed by atoms with E-state index in [0.29, 0.717) is 5.56 Å². The van der Waals surface area contributed by atoms with Crippen molar-refractivity contribution < 1.29 is 32.4 Å². The summed E-state index contributed by atoms with van der Waals surface area (Å²) in [6.07, 6.45) is 1.49. The van der Waals surface area contributed by atoms with Crippen LogP contribution in [0.4, 0.5) is 0 Å². The number of sulfone groups is 1.